The minimum Gasteiger partial charge on any atom is -0.367 e. The predicted molar refractivity (Wildman–Crippen MR) is 109 cm³/mol. The SMILES string of the molecule is CC(=O)c1c(-c2ccc(Cl)c(Br)c2)nn2c(NC3CCCC3)cccc12. The third-order valence-electron chi connectivity index (χ3n) is 4.91. The van der Waals surface area contributed by atoms with Crippen molar-refractivity contribution in [1.82, 2.24) is 9.61 Å². The summed E-state index contributed by atoms with van der Waals surface area (Å²) >= 11 is 9.58. The Kier molecular flexibility index (Phi) is 4.76. The van der Waals surface area contributed by atoms with Gasteiger partial charge >= 0.3 is 0 Å². The number of carbonyl (C=O) groups is 1. The molecule has 1 aromatic carbocycles. The zero-order valence-corrected chi connectivity index (χ0v) is 16.8. The lowest BCUT2D eigenvalue weighted by Crippen LogP contribution is -2.17. The average Bonchev–Trinajstić information content (AvgIpc) is 3.25. The molecule has 1 fully saturated rings. The monoisotopic (exact) mass is 431 g/mol. The molecule has 0 spiro atoms. The normalized spacial score (nSPS) is 14.9. The van der Waals surface area contributed by atoms with Crippen LogP contribution in [0.25, 0.3) is 16.8 Å². The van der Waals surface area contributed by atoms with Gasteiger partial charge in [-0.1, -0.05) is 36.6 Å². The first-order chi connectivity index (χ1) is 12.5. The highest BCUT2D eigenvalue weighted by atomic mass is 79.9. The van der Waals surface area contributed by atoms with Gasteiger partial charge in [-0.3, -0.25) is 4.79 Å². The van der Waals surface area contributed by atoms with Gasteiger partial charge in [-0.15, -0.1) is 0 Å². The molecule has 4 nitrogen and oxygen atoms in total. The molecule has 2 heterocycles. The van der Waals surface area contributed by atoms with Crippen molar-refractivity contribution in [1.29, 1.82) is 0 Å². The highest BCUT2D eigenvalue weighted by molar-refractivity contribution is 9.10. The number of anilines is 1. The van der Waals surface area contributed by atoms with Crippen LogP contribution in [0.2, 0.25) is 5.02 Å². The number of aromatic nitrogens is 2. The number of hydrogen-bond acceptors (Lipinski definition) is 3. The number of fused-ring (bicyclic) bond motifs is 1. The Labute approximate surface area is 165 Å². The van der Waals surface area contributed by atoms with E-state index in [1.807, 2.05) is 40.9 Å². The fourth-order valence-electron chi connectivity index (χ4n) is 3.65. The highest BCUT2D eigenvalue weighted by Crippen LogP contribution is 2.33. The second-order valence-corrected chi connectivity index (χ2v) is 8.00. The number of Topliss-reactive ketones (excluding diaryl/α,β-unsaturated/α-hetero) is 1. The maximum atomic E-state index is 12.4. The molecule has 1 saturated carbocycles. The lowest BCUT2D eigenvalue weighted by Gasteiger charge is -2.14. The van der Waals surface area contributed by atoms with Gasteiger partial charge in [0.2, 0.25) is 0 Å². The lowest BCUT2D eigenvalue weighted by atomic mass is 10.0. The number of halogens is 2. The van der Waals surface area contributed by atoms with Gasteiger partial charge in [-0.2, -0.15) is 5.10 Å². The van der Waals surface area contributed by atoms with Gasteiger partial charge in [0, 0.05) is 16.1 Å². The van der Waals surface area contributed by atoms with Gasteiger partial charge < -0.3 is 5.32 Å². The van der Waals surface area contributed by atoms with Crippen molar-refractivity contribution in [2.24, 2.45) is 0 Å². The maximum absolute atomic E-state index is 12.4. The third-order valence-corrected chi connectivity index (χ3v) is 6.12. The van der Waals surface area contributed by atoms with Crippen LogP contribution in [-0.2, 0) is 0 Å². The number of hydrogen-bond donors (Lipinski definition) is 1. The van der Waals surface area contributed by atoms with Gasteiger partial charge in [0.15, 0.2) is 5.78 Å². The molecule has 0 saturated heterocycles. The molecule has 0 radical (unpaired) electrons. The summed E-state index contributed by atoms with van der Waals surface area (Å²) in [5.74, 6) is 0.926. The smallest absolute Gasteiger partial charge is 0.164 e. The molecular weight excluding hydrogens is 414 g/mol. The molecular formula is C20H19BrClN3O. The van der Waals surface area contributed by atoms with Crippen LogP contribution in [0.1, 0.15) is 43.0 Å². The van der Waals surface area contributed by atoms with Crippen molar-refractivity contribution >= 4 is 44.6 Å². The van der Waals surface area contributed by atoms with Crippen molar-refractivity contribution in [3.8, 4) is 11.3 Å². The van der Waals surface area contributed by atoms with Crippen LogP contribution in [0.15, 0.2) is 40.9 Å². The summed E-state index contributed by atoms with van der Waals surface area (Å²) in [7, 11) is 0. The Bertz CT molecular complexity index is 992. The molecule has 1 aliphatic carbocycles. The molecule has 0 atom stereocenters. The quantitative estimate of drug-likeness (QED) is 0.516. The minimum absolute atomic E-state index is 0.000844. The number of nitrogens with zero attached hydrogens (tertiary/aromatic N) is 2. The van der Waals surface area contributed by atoms with E-state index in [9.17, 15) is 4.79 Å². The van der Waals surface area contributed by atoms with Gasteiger partial charge in [0.05, 0.1) is 16.1 Å². The van der Waals surface area contributed by atoms with Crippen LogP contribution in [0.3, 0.4) is 0 Å². The number of pyridine rings is 1. The van der Waals surface area contributed by atoms with E-state index >= 15 is 0 Å². The zero-order chi connectivity index (χ0) is 18.3. The summed E-state index contributed by atoms with van der Waals surface area (Å²) in [5, 5.41) is 9.01. The molecule has 4 rings (SSSR count). The summed E-state index contributed by atoms with van der Waals surface area (Å²) in [6, 6.07) is 12.0. The van der Waals surface area contributed by atoms with Gasteiger partial charge in [0.1, 0.15) is 11.5 Å². The fraction of sp³-hybridized carbons (Fsp3) is 0.300. The van der Waals surface area contributed by atoms with Crippen molar-refractivity contribution < 1.29 is 4.79 Å². The standard InChI is InChI=1S/C20H19BrClN3O/c1-12(26)19-17-7-4-8-18(23-14-5-2-3-6-14)25(17)24-20(19)13-9-10-16(22)15(21)11-13/h4,7-11,14,23H,2-3,5-6H2,1H3. The van der Waals surface area contributed by atoms with E-state index in [4.69, 9.17) is 16.7 Å². The van der Waals surface area contributed by atoms with E-state index in [2.05, 4.69) is 21.2 Å². The number of benzene rings is 1. The topological polar surface area (TPSA) is 46.4 Å². The Balaban J connectivity index is 1.88. The Morgan fingerprint density at radius 3 is 2.73 bits per heavy atom. The first kappa shape index (κ1) is 17.6. The van der Waals surface area contributed by atoms with Gasteiger partial charge in [0.25, 0.3) is 0 Å². The van der Waals surface area contributed by atoms with Crippen LogP contribution in [0.5, 0.6) is 0 Å². The van der Waals surface area contributed by atoms with Crippen LogP contribution < -0.4 is 5.32 Å². The molecule has 6 heteroatoms. The van der Waals surface area contributed by atoms with E-state index < -0.39 is 0 Å². The number of nitrogens with one attached hydrogen (secondary N) is 1. The first-order valence-electron chi connectivity index (χ1n) is 8.79. The Hall–Kier alpha value is -1.85. The zero-order valence-electron chi connectivity index (χ0n) is 14.4. The molecule has 2 aromatic heterocycles. The maximum Gasteiger partial charge on any atom is 0.164 e. The van der Waals surface area contributed by atoms with Crippen molar-refractivity contribution in [3.05, 3.63) is 51.5 Å². The predicted octanol–water partition coefficient (Wildman–Crippen LogP) is 5.97. The molecule has 0 unspecified atom stereocenters. The molecule has 0 amide bonds. The molecule has 3 aromatic rings. The molecule has 0 bridgehead atoms. The van der Waals surface area contributed by atoms with Gasteiger partial charge in [-0.05, 0) is 60.0 Å². The molecule has 0 aliphatic heterocycles. The number of carbonyl (C=O) groups excluding carboxylic acids is 1. The molecule has 1 N–H and O–H groups in total. The van der Waals surface area contributed by atoms with Crippen LogP contribution in [0, 0.1) is 0 Å². The van der Waals surface area contributed by atoms with E-state index in [0.717, 1.165) is 21.4 Å². The minimum atomic E-state index is -0.000844. The summed E-state index contributed by atoms with van der Waals surface area (Å²) in [4.78, 5) is 12.4. The van der Waals surface area contributed by atoms with Crippen LogP contribution >= 0.6 is 27.5 Å². The second kappa shape index (κ2) is 7.05. The van der Waals surface area contributed by atoms with E-state index in [0.29, 0.717) is 22.3 Å². The van der Waals surface area contributed by atoms with Crippen molar-refractivity contribution in [3.63, 3.8) is 0 Å². The van der Waals surface area contributed by atoms with Crippen LogP contribution in [-0.4, -0.2) is 21.4 Å². The molecule has 26 heavy (non-hydrogen) atoms. The van der Waals surface area contributed by atoms with E-state index in [1.165, 1.54) is 25.7 Å². The molecule has 134 valence electrons. The van der Waals surface area contributed by atoms with Crippen molar-refractivity contribution in [2.75, 3.05) is 5.32 Å². The van der Waals surface area contributed by atoms with Crippen LogP contribution in [0.4, 0.5) is 5.82 Å². The number of ketones is 1. The lowest BCUT2D eigenvalue weighted by molar-refractivity contribution is 0.102. The first-order valence-corrected chi connectivity index (χ1v) is 9.96. The van der Waals surface area contributed by atoms with Gasteiger partial charge in [-0.25, -0.2) is 4.52 Å². The van der Waals surface area contributed by atoms with E-state index in [-0.39, 0.29) is 5.78 Å². The number of rotatable bonds is 4. The van der Waals surface area contributed by atoms with Crippen molar-refractivity contribution in [2.45, 2.75) is 38.6 Å². The summed E-state index contributed by atoms with van der Waals surface area (Å²) in [6.45, 7) is 1.59. The fourth-order valence-corrected chi connectivity index (χ4v) is 4.15. The highest BCUT2D eigenvalue weighted by Gasteiger charge is 2.21. The molecule has 1 aliphatic rings. The Morgan fingerprint density at radius 1 is 1.27 bits per heavy atom. The third kappa shape index (κ3) is 3.14. The largest absolute Gasteiger partial charge is 0.367 e. The average molecular weight is 433 g/mol. The second-order valence-electron chi connectivity index (χ2n) is 6.74. The summed E-state index contributed by atoms with van der Waals surface area (Å²) < 4.78 is 2.64. The summed E-state index contributed by atoms with van der Waals surface area (Å²) in [6.07, 6.45) is 4.87. The summed E-state index contributed by atoms with van der Waals surface area (Å²) in [5.41, 5.74) is 2.99. The Morgan fingerprint density at radius 2 is 2.04 bits per heavy atom. The van der Waals surface area contributed by atoms with E-state index in [1.54, 1.807) is 6.92 Å².